The second-order valence-corrected chi connectivity index (χ2v) is 1.71. The summed E-state index contributed by atoms with van der Waals surface area (Å²) < 4.78 is 12.0. The summed E-state index contributed by atoms with van der Waals surface area (Å²) in [6.45, 7) is 1.90. The summed E-state index contributed by atoms with van der Waals surface area (Å²) in [5.41, 5.74) is 1.03. The Labute approximate surface area is 96.9 Å². The molecule has 0 aliphatic heterocycles. The molecule has 0 aliphatic carbocycles. The summed E-state index contributed by atoms with van der Waals surface area (Å²) in [6.07, 6.45) is 0. The van der Waals surface area contributed by atoms with E-state index >= 15 is 0 Å². The molecule has 0 aromatic heterocycles. The molecule has 1 rings (SSSR count). The van der Waals surface area contributed by atoms with Gasteiger partial charge in [0.25, 0.3) is 0 Å². The molecule has 42 valence electrons. The van der Waals surface area contributed by atoms with Crippen molar-refractivity contribution in [3.63, 3.8) is 0 Å². The maximum absolute atomic E-state index is 12.0. The maximum atomic E-state index is 12.0. The van der Waals surface area contributed by atoms with Crippen molar-refractivity contribution in [2.75, 3.05) is 0 Å². The van der Waals surface area contributed by atoms with Crippen LogP contribution in [0.25, 0.3) is 0 Å². The zero-order valence-corrected chi connectivity index (χ0v) is 8.73. The van der Waals surface area contributed by atoms with Gasteiger partial charge in [-0.05, 0) is 0 Å². The Morgan fingerprint density at radius 1 is 1.44 bits per heavy atom. The molecular weight excluding hydrogens is 142 g/mol. The first kappa shape index (κ1) is 9.79. The van der Waals surface area contributed by atoms with Gasteiger partial charge >= 0.3 is 51.4 Å². The monoisotopic (exact) mass is 148 g/mol. The first-order chi connectivity index (χ1) is 3.79. The molecule has 0 spiro atoms. The van der Waals surface area contributed by atoms with Gasteiger partial charge in [-0.2, -0.15) is 17.7 Å². The number of benzene rings is 1. The number of hydrogen-bond acceptors (Lipinski definition) is 0. The van der Waals surface area contributed by atoms with Crippen LogP contribution in [0.2, 0.25) is 0 Å². The van der Waals surface area contributed by atoms with Crippen molar-refractivity contribution in [1.82, 2.24) is 0 Å². The zero-order valence-electron chi connectivity index (χ0n) is 5.61. The summed E-state index contributed by atoms with van der Waals surface area (Å²) >= 11 is 0. The Morgan fingerprint density at radius 3 is 2.44 bits per heavy atom. The number of rotatable bonds is 0. The van der Waals surface area contributed by atoms with Gasteiger partial charge in [0.15, 0.2) is 0 Å². The SMILES string of the molecule is Cc1c[c-]c(F)cc1.[K+]. The van der Waals surface area contributed by atoms with Crippen molar-refractivity contribution >= 4 is 0 Å². The van der Waals surface area contributed by atoms with Crippen LogP contribution in [0.5, 0.6) is 0 Å². The van der Waals surface area contributed by atoms with Gasteiger partial charge in [-0.1, -0.05) is 6.92 Å². The van der Waals surface area contributed by atoms with E-state index in [1.54, 1.807) is 12.1 Å². The number of aryl methyl sites for hydroxylation is 1. The molecule has 1 aromatic rings. The van der Waals surface area contributed by atoms with E-state index in [9.17, 15) is 4.39 Å². The first-order valence-electron chi connectivity index (χ1n) is 2.43. The average molecular weight is 148 g/mol. The van der Waals surface area contributed by atoms with Gasteiger partial charge in [-0.25, -0.2) is 4.39 Å². The van der Waals surface area contributed by atoms with Gasteiger partial charge in [-0.15, -0.1) is 12.1 Å². The van der Waals surface area contributed by atoms with Crippen LogP contribution < -0.4 is 51.4 Å². The average Bonchev–Trinajstić information content (AvgIpc) is 1.77. The Balaban J connectivity index is 0.000000640. The predicted molar refractivity (Wildman–Crippen MR) is 30.0 cm³/mol. The van der Waals surface area contributed by atoms with Gasteiger partial charge in [0, 0.05) is 5.82 Å². The minimum Gasteiger partial charge on any atom is -0.236 e. The van der Waals surface area contributed by atoms with Crippen molar-refractivity contribution in [2.45, 2.75) is 6.92 Å². The van der Waals surface area contributed by atoms with Gasteiger partial charge in [0.05, 0.1) is 0 Å². The molecule has 1 aromatic carbocycles. The first-order valence-corrected chi connectivity index (χ1v) is 2.43. The summed E-state index contributed by atoms with van der Waals surface area (Å²) in [4.78, 5) is 0. The standard InChI is InChI=1S/C7H6F.K/c1-6-2-4-7(8)5-3-6;/h2-4H,1H3;/q-1;+1. The summed E-state index contributed by atoms with van der Waals surface area (Å²) in [5.74, 6) is -0.296. The molecule has 0 bridgehead atoms. The fourth-order valence-electron chi connectivity index (χ4n) is 0.484. The molecule has 0 saturated heterocycles. The second kappa shape index (κ2) is 4.58. The third-order valence-corrected chi connectivity index (χ3v) is 0.930. The van der Waals surface area contributed by atoms with E-state index in [4.69, 9.17) is 0 Å². The smallest absolute Gasteiger partial charge is 0.236 e. The molecule has 0 radical (unpaired) electrons. The molecule has 0 saturated carbocycles. The van der Waals surface area contributed by atoms with E-state index in [1.165, 1.54) is 6.07 Å². The van der Waals surface area contributed by atoms with Crippen LogP contribution in [0.1, 0.15) is 5.56 Å². The molecule has 0 amide bonds. The Morgan fingerprint density at radius 2 is 2.11 bits per heavy atom. The van der Waals surface area contributed by atoms with Crippen LogP contribution in [0, 0.1) is 18.8 Å². The fraction of sp³-hybridized carbons (Fsp3) is 0.143. The van der Waals surface area contributed by atoms with Crippen molar-refractivity contribution in [2.24, 2.45) is 0 Å². The van der Waals surface area contributed by atoms with Crippen molar-refractivity contribution in [1.29, 1.82) is 0 Å². The van der Waals surface area contributed by atoms with Crippen LogP contribution in [-0.4, -0.2) is 0 Å². The molecular formula is C7H6FK. The van der Waals surface area contributed by atoms with Gasteiger partial charge < -0.3 is 0 Å². The molecule has 9 heavy (non-hydrogen) atoms. The topological polar surface area (TPSA) is 0 Å². The number of hydrogen-bond donors (Lipinski definition) is 0. The summed E-state index contributed by atoms with van der Waals surface area (Å²) in [5, 5.41) is 0. The normalized spacial score (nSPS) is 8.22. The van der Waals surface area contributed by atoms with Crippen LogP contribution in [0.15, 0.2) is 18.2 Å². The largest absolute Gasteiger partial charge is 1.00 e. The molecule has 0 aliphatic rings. The van der Waals surface area contributed by atoms with Gasteiger partial charge in [-0.3, -0.25) is 0 Å². The van der Waals surface area contributed by atoms with Crippen LogP contribution in [-0.2, 0) is 0 Å². The quantitative estimate of drug-likeness (QED) is 0.325. The Hall–Kier alpha value is 0.786. The van der Waals surface area contributed by atoms with E-state index in [1.807, 2.05) is 6.92 Å². The molecule has 2 heteroatoms. The van der Waals surface area contributed by atoms with Crippen LogP contribution >= 0.6 is 0 Å². The van der Waals surface area contributed by atoms with E-state index in [0.717, 1.165) is 5.56 Å². The third kappa shape index (κ3) is 3.48. The third-order valence-electron chi connectivity index (χ3n) is 0.930. The fourth-order valence-corrected chi connectivity index (χ4v) is 0.484. The minimum atomic E-state index is -0.296. The Kier molecular flexibility index (Phi) is 4.98. The maximum Gasteiger partial charge on any atom is 1.00 e. The van der Waals surface area contributed by atoms with Crippen LogP contribution in [0.3, 0.4) is 0 Å². The second-order valence-electron chi connectivity index (χ2n) is 1.71. The molecule has 0 heterocycles. The summed E-state index contributed by atoms with van der Waals surface area (Å²) in [6, 6.07) is 7.17. The summed E-state index contributed by atoms with van der Waals surface area (Å²) in [7, 11) is 0. The van der Waals surface area contributed by atoms with E-state index < -0.39 is 0 Å². The van der Waals surface area contributed by atoms with E-state index in [-0.39, 0.29) is 57.2 Å². The van der Waals surface area contributed by atoms with E-state index in [0.29, 0.717) is 0 Å². The number of halogens is 1. The van der Waals surface area contributed by atoms with Crippen molar-refractivity contribution in [3.05, 3.63) is 35.6 Å². The van der Waals surface area contributed by atoms with Gasteiger partial charge in [0.2, 0.25) is 0 Å². The molecule has 0 fully saturated rings. The predicted octanol–water partition coefficient (Wildman–Crippen LogP) is -1.06. The van der Waals surface area contributed by atoms with Crippen molar-refractivity contribution in [3.8, 4) is 0 Å². The molecule has 0 N–H and O–H groups in total. The Bertz CT molecular complexity index is 148. The molecule has 0 unspecified atom stereocenters. The molecule has 0 nitrogen and oxygen atoms in total. The zero-order chi connectivity index (χ0) is 5.98. The van der Waals surface area contributed by atoms with Crippen LogP contribution in [0.4, 0.5) is 4.39 Å². The van der Waals surface area contributed by atoms with E-state index in [2.05, 4.69) is 6.07 Å². The minimum absolute atomic E-state index is 0. The van der Waals surface area contributed by atoms with Gasteiger partial charge in [0.1, 0.15) is 0 Å². The van der Waals surface area contributed by atoms with Crippen molar-refractivity contribution < 1.29 is 55.8 Å². The molecule has 0 atom stereocenters.